The number of carbonyl (C=O) groups excluding carboxylic acids is 1. The Kier molecular flexibility index (Phi) is 5.85. The third-order valence-electron chi connectivity index (χ3n) is 5.93. The van der Waals surface area contributed by atoms with E-state index in [1.54, 1.807) is 11.3 Å². The lowest BCUT2D eigenvalue weighted by molar-refractivity contribution is -0.115. The van der Waals surface area contributed by atoms with Gasteiger partial charge >= 0.3 is 0 Å². The molecule has 0 saturated heterocycles. The number of anilines is 1. The van der Waals surface area contributed by atoms with Gasteiger partial charge in [-0.05, 0) is 52.2 Å². The number of ether oxygens (including phenoxy) is 1. The molecule has 0 radical (unpaired) electrons. The van der Waals surface area contributed by atoms with Gasteiger partial charge < -0.3 is 10.1 Å². The molecule has 0 aliphatic heterocycles. The van der Waals surface area contributed by atoms with Crippen molar-refractivity contribution in [1.29, 1.82) is 0 Å². The smallest absolute Gasteiger partial charge is 0.231 e. The van der Waals surface area contributed by atoms with Crippen LogP contribution in [-0.4, -0.2) is 15.9 Å². The van der Waals surface area contributed by atoms with Crippen molar-refractivity contribution >= 4 is 43.9 Å². The van der Waals surface area contributed by atoms with E-state index in [4.69, 9.17) is 4.74 Å². The molecule has 2 aromatic heterocycles. The van der Waals surface area contributed by atoms with Crippen LogP contribution in [0.5, 0.6) is 11.6 Å². The molecule has 6 aromatic rings. The zero-order chi connectivity index (χ0) is 24.3. The van der Waals surface area contributed by atoms with Crippen LogP contribution >= 0.6 is 11.3 Å². The molecule has 2 heterocycles. The van der Waals surface area contributed by atoms with Gasteiger partial charge in [0, 0.05) is 10.6 Å². The first kappa shape index (κ1) is 21.9. The van der Waals surface area contributed by atoms with Crippen molar-refractivity contribution in [3.05, 3.63) is 115 Å². The summed E-state index contributed by atoms with van der Waals surface area (Å²) < 4.78 is 6.09. The van der Waals surface area contributed by atoms with E-state index in [9.17, 15) is 4.79 Å². The molecule has 36 heavy (non-hydrogen) atoms. The summed E-state index contributed by atoms with van der Waals surface area (Å²) >= 11 is 1.61. The second kappa shape index (κ2) is 9.60. The number of hydrogen-bond donors (Lipinski definition) is 1. The second-order valence-corrected chi connectivity index (χ2v) is 9.39. The third-order valence-corrected chi connectivity index (χ3v) is 7.03. The number of thiophene rings is 1. The summed E-state index contributed by atoms with van der Waals surface area (Å²) in [5, 5.41) is 6.07. The third kappa shape index (κ3) is 4.54. The average Bonchev–Trinajstić information content (AvgIpc) is 3.36. The fourth-order valence-electron chi connectivity index (χ4n) is 4.20. The highest BCUT2D eigenvalue weighted by Gasteiger charge is 2.12. The molecule has 174 valence electrons. The van der Waals surface area contributed by atoms with Crippen molar-refractivity contribution < 1.29 is 9.53 Å². The van der Waals surface area contributed by atoms with Gasteiger partial charge in [-0.15, -0.1) is 11.3 Å². The largest absolute Gasteiger partial charge is 0.438 e. The van der Waals surface area contributed by atoms with Crippen molar-refractivity contribution in [2.75, 3.05) is 5.32 Å². The lowest BCUT2D eigenvalue weighted by atomic mass is 10.0. The van der Waals surface area contributed by atoms with Crippen molar-refractivity contribution in [2.45, 2.75) is 6.42 Å². The van der Waals surface area contributed by atoms with Gasteiger partial charge in [0.25, 0.3) is 0 Å². The van der Waals surface area contributed by atoms with E-state index in [-0.39, 0.29) is 5.91 Å². The van der Waals surface area contributed by atoms with Gasteiger partial charge in [-0.3, -0.25) is 4.79 Å². The lowest BCUT2D eigenvalue weighted by Gasteiger charge is -2.09. The maximum atomic E-state index is 12.7. The predicted molar refractivity (Wildman–Crippen MR) is 146 cm³/mol. The SMILES string of the molecule is O=C(Cc1cccc2ccccc12)Nc1ccc(Oc2ncnc3sc(-c4ccccc4)cc23)cc1. The Labute approximate surface area is 212 Å². The first-order valence-electron chi connectivity index (χ1n) is 11.6. The van der Waals surface area contributed by atoms with Crippen LogP contribution in [0.25, 0.3) is 31.4 Å². The van der Waals surface area contributed by atoms with Crippen molar-refractivity contribution in [3.8, 4) is 22.1 Å². The molecule has 0 atom stereocenters. The predicted octanol–water partition coefficient (Wildman–Crippen LogP) is 7.49. The minimum absolute atomic E-state index is 0.0655. The summed E-state index contributed by atoms with van der Waals surface area (Å²) in [5.74, 6) is 1.07. The fourth-order valence-corrected chi connectivity index (χ4v) is 5.20. The monoisotopic (exact) mass is 487 g/mol. The Bertz CT molecular complexity index is 1670. The van der Waals surface area contributed by atoms with E-state index in [0.29, 0.717) is 23.7 Å². The van der Waals surface area contributed by atoms with Crippen molar-refractivity contribution in [2.24, 2.45) is 0 Å². The number of rotatable bonds is 6. The number of aromatic nitrogens is 2. The summed E-state index contributed by atoms with van der Waals surface area (Å²) in [6.07, 6.45) is 1.82. The van der Waals surface area contributed by atoms with E-state index in [2.05, 4.69) is 45.6 Å². The molecule has 0 aliphatic carbocycles. The Balaban J connectivity index is 1.16. The van der Waals surface area contributed by atoms with Crippen LogP contribution < -0.4 is 10.1 Å². The number of fused-ring (bicyclic) bond motifs is 2. The highest BCUT2D eigenvalue weighted by Crippen LogP contribution is 2.37. The number of amides is 1. The molecule has 1 N–H and O–H groups in total. The van der Waals surface area contributed by atoms with Gasteiger partial charge in [-0.2, -0.15) is 0 Å². The fraction of sp³-hybridized carbons (Fsp3) is 0.0333. The summed E-state index contributed by atoms with van der Waals surface area (Å²) in [6, 6.07) is 33.7. The summed E-state index contributed by atoms with van der Waals surface area (Å²) in [7, 11) is 0. The zero-order valence-corrected chi connectivity index (χ0v) is 20.0. The summed E-state index contributed by atoms with van der Waals surface area (Å²) in [6.45, 7) is 0. The first-order chi connectivity index (χ1) is 17.7. The number of hydrogen-bond acceptors (Lipinski definition) is 5. The molecular formula is C30H21N3O2S. The van der Waals surface area contributed by atoms with E-state index in [0.717, 1.165) is 37.0 Å². The van der Waals surface area contributed by atoms with Gasteiger partial charge in [-0.25, -0.2) is 9.97 Å². The molecule has 6 heteroatoms. The minimum Gasteiger partial charge on any atom is -0.438 e. The van der Waals surface area contributed by atoms with E-state index in [1.807, 2.05) is 72.8 Å². The lowest BCUT2D eigenvalue weighted by Crippen LogP contribution is -2.14. The molecule has 0 unspecified atom stereocenters. The number of nitrogens with one attached hydrogen (secondary N) is 1. The molecule has 1 amide bonds. The summed E-state index contributed by atoms with van der Waals surface area (Å²) in [4.78, 5) is 23.5. The Hall–Kier alpha value is -4.55. The van der Waals surface area contributed by atoms with Crippen LogP contribution in [-0.2, 0) is 11.2 Å². The quantitative estimate of drug-likeness (QED) is 0.264. The molecular weight excluding hydrogens is 466 g/mol. The van der Waals surface area contributed by atoms with Crippen LogP contribution in [0.3, 0.4) is 0 Å². The second-order valence-electron chi connectivity index (χ2n) is 8.36. The van der Waals surface area contributed by atoms with Gasteiger partial charge in [0.15, 0.2) is 0 Å². The zero-order valence-electron chi connectivity index (χ0n) is 19.2. The average molecular weight is 488 g/mol. The Morgan fingerprint density at radius 1 is 0.806 bits per heavy atom. The van der Waals surface area contributed by atoms with Crippen LogP contribution in [0.15, 0.2) is 109 Å². The first-order valence-corrected chi connectivity index (χ1v) is 12.4. The Morgan fingerprint density at radius 3 is 2.44 bits per heavy atom. The molecule has 0 fully saturated rings. The van der Waals surface area contributed by atoms with Crippen LogP contribution in [0.1, 0.15) is 5.56 Å². The van der Waals surface area contributed by atoms with Crippen LogP contribution in [0.2, 0.25) is 0 Å². The Morgan fingerprint density at radius 2 is 1.58 bits per heavy atom. The van der Waals surface area contributed by atoms with E-state index in [1.165, 1.54) is 6.33 Å². The molecule has 0 aliphatic rings. The topological polar surface area (TPSA) is 64.1 Å². The number of nitrogens with zero attached hydrogens (tertiary/aromatic N) is 2. The molecule has 0 bridgehead atoms. The molecule has 6 rings (SSSR count). The highest BCUT2D eigenvalue weighted by atomic mass is 32.1. The van der Waals surface area contributed by atoms with Crippen LogP contribution in [0.4, 0.5) is 5.69 Å². The van der Waals surface area contributed by atoms with Gasteiger partial charge in [0.2, 0.25) is 11.8 Å². The molecule has 4 aromatic carbocycles. The van der Waals surface area contributed by atoms with E-state index >= 15 is 0 Å². The van der Waals surface area contributed by atoms with Crippen molar-refractivity contribution in [3.63, 3.8) is 0 Å². The summed E-state index contributed by atoms with van der Waals surface area (Å²) in [5.41, 5.74) is 2.85. The van der Waals surface area contributed by atoms with Gasteiger partial charge in [0.1, 0.15) is 16.9 Å². The number of carbonyl (C=O) groups is 1. The molecule has 0 saturated carbocycles. The van der Waals surface area contributed by atoms with Gasteiger partial charge in [0.05, 0.1) is 11.8 Å². The van der Waals surface area contributed by atoms with E-state index < -0.39 is 0 Å². The highest BCUT2D eigenvalue weighted by molar-refractivity contribution is 7.21. The maximum Gasteiger partial charge on any atom is 0.231 e. The minimum atomic E-state index is -0.0655. The number of benzene rings is 4. The van der Waals surface area contributed by atoms with Crippen molar-refractivity contribution in [1.82, 2.24) is 9.97 Å². The van der Waals surface area contributed by atoms with Gasteiger partial charge in [-0.1, -0.05) is 72.8 Å². The normalized spacial score (nSPS) is 11.0. The molecule has 0 spiro atoms. The standard InChI is InChI=1S/C30H21N3O2S/c34-28(17-22-11-6-10-20-7-4-5-12-25(20)22)33-23-13-15-24(16-14-23)35-29-26-18-27(21-8-2-1-3-9-21)36-30(26)32-19-31-29/h1-16,18-19H,17H2,(H,33,34). The van der Waals surface area contributed by atoms with Crippen LogP contribution in [0, 0.1) is 0 Å². The maximum absolute atomic E-state index is 12.7. The molecule has 5 nitrogen and oxygen atoms in total.